The average Bonchev–Trinajstić information content (AvgIpc) is 2.82. The minimum Gasteiger partial charge on any atom is -0.374 e. The van der Waals surface area contributed by atoms with E-state index < -0.39 is 0 Å². The minimum absolute atomic E-state index is 0.174. The Morgan fingerprint density at radius 2 is 2.33 bits per heavy atom. The zero-order valence-corrected chi connectivity index (χ0v) is 12.5. The number of aryl methyl sites for hydroxylation is 1. The third kappa shape index (κ3) is 2.92. The summed E-state index contributed by atoms with van der Waals surface area (Å²) in [6.07, 6.45) is 5.99. The van der Waals surface area contributed by atoms with Crippen LogP contribution in [0.25, 0.3) is 0 Å². The summed E-state index contributed by atoms with van der Waals surface area (Å²) in [5.74, 6) is 0. The van der Waals surface area contributed by atoms with Gasteiger partial charge in [0.2, 0.25) is 0 Å². The van der Waals surface area contributed by atoms with Gasteiger partial charge in [-0.3, -0.25) is 0 Å². The Morgan fingerprint density at radius 3 is 3.00 bits per heavy atom. The molecule has 1 aromatic heterocycles. The van der Waals surface area contributed by atoms with Gasteiger partial charge in [-0.2, -0.15) is 0 Å². The molecule has 2 rings (SSSR count). The molecule has 0 spiro atoms. The molecule has 1 aliphatic carbocycles. The van der Waals surface area contributed by atoms with Crippen LogP contribution in [0.15, 0.2) is 0 Å². The molecule has 0 saturated carbocycles. The van der Waals surface area contributed by atoms with Crippen LogP contribution in [-0.4, -0.2) is 18.6 Å². The van der Waals surface area contributed by atoms with Crippen LogP contribution in [0.3, 0.4) is 0 Å². The normalized spacial score (nSPS) is 20.7. The van der Waals surface area contributed by atoms with E-state index in [2.05, 4.69) is 19.2 Å². The van der Waals surface area contributed by atoms with Crippen molar-refractivity contribution in [2.45, 2.75) is 58.1 Å². The van der Waals surface area contributed by atoms with Gasteiger partial charge in [-0.25, -0.2) is 4.98 Å². The molecular formula is C14H24N2OS. The molecule has 0 saturated heterocycles. The lowest BCUT2D eigenvalue weighted by atomic mass is 9.98. The van der Waals surface area contributed by atoms with Crippen molar-refractivity contribution in [3.63, 3.8) is 0 Å². The number of aromatic nitrogens is 1. The average molecular weight is 268 g/mol. The predicted molar refractivity (Wildman–Crippen MR) is 76.1 cm³/mol. The number of methoxy groups -OCH3 is 1. The highest BCUT2D eigenvalue weighted by Gasteiger charge is 2.26. The van der Waals surface area contributed by atoms with Gasteiger partial charge in [0.05, 0.1) is 5.69 Å². The van der Waals surface area contributed by atoms with Crippen molar-refractivity contribution >= 4 is 11.3 Å². The Balaban J connectivity index is 2.17. The van der Waals surface area contributed by atoms with Gasteiger partial charge in [-0.1, -0.05) is 13.8 Å². The maximum Gasteiger partial charge on any atom is 0.122 e. The van der Waals surface area contributed by atoms with Gasteiger partial charge in [0.25, 0.3) is 0 Å². The number of hydrogen-bond acceptors (Lipinski definition) is 4. The van der Waals surface area contributed by atoms with E-state index in [1.165, 1.54) is 29.8 Å². The van der Waals surface area contributed by atoms with Crippen LogP contribution < -0.4 is 5.32 Å². The Kier molecular flexibility index (Phi) is 5.15. The molecule has 1 heterocycles. The van der Waals surface area contributed by atoms with Crippen LogP contribution in [0.4, 0.5) is 0 Å². The van der Waals surface area contributed by atoms with E-state index in [9.17, 15) is 0 Å². The van der Waals surface area contributed by atoms with E-state index in [-0.39, 0.29) is 6.10 Å². The third-order valence-electron chi connectivity index (χ3n) is 3.54. The first-order valence-electron chi connectivity index (χ1n) is 7.05. The number of ether oxygens (including phenoxy) is 1. The van der Waals surface area contributed by atoms with Crippen LogP contribution >= 0.6 is 11.3 Å². The Bertz CT molecular complexity index is 374. The molecule has 0 bridgehead atoms. The predicted octanol–water partition coefficient (Wildman–Crippen LogP) is 3.62. The molecule has 18 heavy (non-hydrogen) atoms. The largest absolute Gasteiger partial charge is 0.374 e. The van der Waals surface area contributed by atoms with Gasteiger partial charge >= 0.3 is 0 Å². The second-order valence-corrected chi connectivity index (χ2v) is 5.96. The molecule has 3 nitrogen and oxygen atoms in total. The Morgan fingerprint density at radius 1 is 1.50 bits per heavy atom. The van der Waals surface area contributed by atoms with Crippen LogP contribution in [0, 0.1) is 0 Å². The summed E-state index contributed by atoms with van der Waals surface area (Å²) in [5.41, 5.74) is 1.31. The number of nitrogens with zero attached hydrogens (tertiary/aromatic N) is 1. The van der Waals surface area contributed by atoms with E-state index in [1.54, 1.807) is 7.11 Å². The highest BCUT2D eigenvalue weighted by Crippen LogP contribution is 2.37. The lowest BCUT2D eigenvalue weighted by Crippen LogP contribution is -2.24. The van der Waals surface area contributed by atoms with Crippen molar-refractivity contribution in [2.24, 2.45) is 0 Å². The van der Waals surface area contributed by atoms with Crippen molar-refractivity contribution in [1.82, 2.24) is 10.3 Å². The smallest absolute Gasteiger partial charge is 0.122 e. The molecule has 2 unspecified atom stereocenters. The summed E-state index contributed by atoms with van der Waals surface area (Å²) in [6.45, 7) is 5.47. The Labute approximate surface area is 114 Å². The van der Waals surface area contributed by atoms with E-state index in [4.69, 9.17) is 9.72 Å². The van der Waals surface area contributed by atoms with Crippen molar-refractivity contribution in [2.75, 3.05) is 13.7 Å². The van der Waals surface area contributed by atoms with Gasteiger partial charge in [0.15, 0.2) is 0 Å². The topological polar surface area (TPSA) is 34.2 Å². The molecule has 0 aliphatic heterocycles. The molecule has 2 atom stereocenters. The highest BCUT2D eigenvalue weighted by atomic mass is 32.1. The Hall–Kier alpha value is -0.450. The van der Waals surface area contributed by atoms with Crippen molar-refractivity contribution in [3.05, 3.63) is 15.6 Å². The first-order valence-corrected chi connectivity index (χ1v) is 7.87. The summed E-state index contributed by atoms with van der Waals surface area (Å²) in [7, 11) is 1.78. The molecule has 0 aromatic carbocycles. The van der Waals surface area contributed by atoms with Crippen LogP contribution in [0.1, 0.15) is 67.3 Å². The van der Waals surface area contributed by atoms with E-state index >= 15 is 0 Å². The van der Waals surface area contributed by atoms with E-state index in [0.29, 0.717) is 6.04 Å². The SMILES string of the molecule is CCCNC1CCCc2nc(C(CC)OC)sc21. The fourth-order valence-corrected chi connectivity index (χ4v) is 3.92. The van der Waals surface area contributed by atoms with E-state index in [1.807, 2.05) is 11.3 Å². The minimum atomic E-state index is 0.174. The van der Waals surface area contributed by atoms with Crippen LogP contribution in [0.2, 0.25) is 0 Å². The molecule has 4 heteroatoms. The van der Waals surface area contributed by atoms with Crippen molar-refractivity contribution < 1.29 is 4.74 Å². The van der Waals surface area contributed by atoms with E-state index in [0.717, 1.165) is 24.4 Å². The zero-order valence-electron chi connectivity index (χ0n) is 11.7. The molecule has 1 N–H and O–H groups in total. The number of thiazole rings is 1. The maximum absolute atomic E-state index is 5.51. The standard InChI is InChI=1S/C14H24N2OS/c1-4-9-15-10-7-6-8-11-13(10)18-14(16-11)12(5-2)17-3/h10,12,15H,4-9H2,1-3H3. The molecule has 0 amide bonds. The second-order valence-electron chi connectivity index (χ2n) is 4.89. The lowest BCUT2D eigenvalue weighted by molar-refractivity contribution is 0.0996. The monoisotopic (exact) mass is 268 g/mol. The molecule has 0 fully saturated rings. The zero-order chi connectivity index (χ0) is 13.0. The summed E-state index contributed by atoms with van der Waals surface area (Å²) in [6, 6.07) is 0.523. The summed E-state index contributed by atoms with van der Waals surface area (Å²) < 4.78 is 5.51. The van der Waals surface area contributed by atoms with Gasteiger partial charge in [0.1, 0.15) is 11.1 Å². The van der Waals surface area contributed by atoms with Crippen molar-refractivity contribution in [1.29, 1.82) is 0 Å². The highest BCUT2D eigenvalue weighted by molar-refractivity contribution is 7.11. The van der Waals surface area contributed by atoms with Gasteiger partial charge in [0, 0.05) is 18.0 Å². The summed E-state index contributed by atoms with van der Waals surface area (Å²) in [4.78, 5) is 6.26. The van der Waals surface area contributed by atoms with Gasteiger partial charge in [-0.05, 0) is 38.6 Å². The third-order valence-corrected chi connectivity index (χ3v) is 4.84. The fourth-order valence-electron chi connectivity index (χ4n) is 2.53. The molecular weight excluding hydrogens is 244 g/mol. The molecule has 0 radical (unpaired) electrons. The van der Waals surface area contributed by atoms with Gasteiger partial charge < -0.3 is 10.1 Å². The first-order chi connectivity index (χ1) is 8.80. The number of rotatable bonds is 6. The number of nitrogens with one attached hydrogen (secondary N) is 1. The van der Waals surface area contributed by atoms with Crippen molar-refractivity contribution in [3.8, 4) is 0 Å². The van der Waals surface area contributed by atoms with Crippen LogP contribution in [0.5, 0.6) is 0 Å². The molecule has 1 aliphatic rings. The lowest BCUT2D eigenvalue weighted by Gasteiger charge is -2.22. The first kappa shape index (κ1) is 14.0. The summed E-state index contributed by atoms with van der Waals surface area (Å²) in [5, 5.41) is 4.81. The maximum atomic E-state index is 5.51. The molecule has 102 valence electrons. The summed E-state index contributed by atoms with van der Waals surface area (Å²) >= 11 is 1.85. The quantitative estimate of drug-likeness (QED) is 0.855. The molecule has 1 aromatic rings. The fraction of sp³-hybridized carbons (Fsp3) is 0.786. The second kappa shape index (κ2) is 6.64. The van der Waals surface area contributed by atoms with Gasteiger partial charge in [-0.15, -0.1) is 11.3 Å². The number of fused-ring (bicyclic) bond motifs is 1. The van der Waals surface area contributed by atoms with Crippen LogP contribution in [-0.2, 0) is 11.2 Å². The number of hydrogen-bond donors (Lipinski definition) is 1.